The molecule has 0 aromatic rings. The molecule has 10 nitrogen and oxygen atoms in total. The van der Waals surface area contributed by atoms with Gasteiger partial charge in [-0.1, -0.05) is 192 Å². The number of allylic oxidation sites excluding steroid dienone is 4. The van der Waals surface area contributed by atoms with Gasteiger partial charge in [0.2, 0.25) is 0 Å². The van der Waals surface area contributed by atoms with E-state index in [2.05, 4.69) is 38.2 Å². The van der Waals surface area contributed by atoms with Crippen molar-refractivity contribution in [2.24, 2.45) is 0 Å². The molecule has 0 spiro atoms. The molecule has 0 amide bonds. The van der Waals surface area contributed by atoms with Crippen molar-refractivity contribution in [2.45, 2.75) is 238 Å². The molecule has 3 unspecified atom stereocenters. The van der Waals surface area contributed by atoms with Crippen molar-refractivity contribution < 1.29 is 47.8 Å². The van der Waals surface area contributed by atoms with Crippen LogP contribution in [0.15, 0.2) is 24.3 Å². The number of phosphoric ester groups is 1. The largest absolute Gasteiger partial charge is 0.472 e. The molecular formula is C47H89O10P. The van der Waals surface area contributed by atoms with Gasteiger partial charge in [-0.3, -0.25) is 18.6 Å². The van der Waals surface area contributed by atoms with Gasteiger partial charge in [0.1, 0.15) is 12.7 Å². The minimum absolute atomic E-state index is 0.178. The van der Waals surface area contributed by atoms with E-state index in [0.29, 0.717) is 12.8 Å². The highest BCUT2D eigenvalue weighted by atomic mass is 31.2. The van der Waals surface area contributed by atoms with E-state index in [4.69, 9.17) is 23.6 Å². The molecule has 0 aromatic heterocycles. The zero-order valence-electron chi connectivity index (χ0n) is 37.3. The summed E-state index contributed by atoms with van der Waals surface area (Å²) in [6, 6.07) is 0. The summed E-state index contributed by atoms with van der Waals surface area (Å²) in [6.45, 7) is 2.38. The van der Waals surface area contributed by atoms with Crippen molar-refractivity contribution in [3.8, 4) is 0 Å². The lowest BCUT2D eigenvalue weighted by atomic mass is 10.0. The molecule has 0 radical (unpaired) electrons. The molecule has 342 valence electrons. The summed E-state index contributed by atoms with van der Waals surface area (Å²) < 4.78 is 32.8. The Balaban J connectivity index is 4.22. The maximum Gasteiger partial charge on any atom is 0.472 e. The zero-order valence-corrected chi connectivity index (χ0v) is 38.2. The lowest BCUT2D eigenvalue weighted by Crippen LogP contribution is -2.29. The van der Waals surface area contributed by atoms with Gasteiger partial charge in [-0.05, 0) is 44.9 Å². The fraction of sp³-hybridized carbons (Fsp3) is 0.872. The first-order chi connectivity index (χ1) is 28.2. The molecule has 0 saturated heterocycles. The van der Waals surface area contributed by atoms with Crippen LogP contribution in [0, 0.1) is 0 Å². The average molecular weight is 845 g/mol. The molecule has 3 N–H and O–H groups in total. The predicted molar refractivity (Wildman–Crippen MR) is 238 cm³/mol. The summed E-state index contributed by atoms with van der Waals surface area (Å²) in [5.41, 5.74) is 0. The Morgan fingerprint density at radius 2 is 0.897 bits per heavy atom. The van der Waals surface area contributed by atoms with Gasteiger partial charge >= 0.3 is 19.8 Å². The Morgan fingerprint density at radius 3 is 1.36 bits per heavy atom. The number of unbranched alkanes of at least 4 members (excludes halogenated alkanes) is 27. The highest BCUT2D eigenvalue weighted by Gasteiger charge is 2.27. The Morgan fingerprint density at radius 1 is 0.517 bits per heavy atom. The van der Waals surface area contributed by atoms with Crippen LogP contribution in [0.5, 0.6) is 0 Å². The van der Waals surface area contributed by atoms with E-state index in [-0.39, 0.29) is 19.4 Å². The molecule has 58 heavy (non-hydrogen) atoms. The van der Waals surface area contributed by atoms with Crippen LogP contribution in [0.1, 0.15) is 226 Å². The number of aliphatic hydroxyl groups excluding tert-OH is 2. The SMILES string of the molecule is CCCCC/C=C\C/C=C\CCCCCCCCCC(=O)OC(COC(=O)CCCCCCCCCCCCCCCCCCCC)COP(=O)(O)OCC(O)CO. The van der Waals surface area contributed by atoms with Crippen LogP contribution in [0.25, 0.3) is 0 Å². The van der Waals surface area contributed by atoms with Gasteiger partial charge in [-0.15, -0.1) is 0 Å². The fourth-order valence-electron chi connectivity index (χ4n) is 6.67. The predicted octanol–water partition coefficient (Wildman–Crippen LogP) is 13.0. The van der Waals surface area contributed by atoms with Gasteiger partial charge in [-0.2, -0.15) is 0 Å². The molecule has 0 fully saturated rings. The first-order valence-electron chi connectivity index (χ1n) is 23.8. The lowest BCUT2D eigenvalue weighted by molar-refractivity contribution is -0.161. The van der Waals surface area contributed by atoms with Crippen LogP contribution in [-0.4, -0.2) is 65.7 Å². The third-order valence-electron chi connectivity index (χ3n) is 10.4. The van der Waals surface area contributed by atoms with Crippen LogP contribution >= 0.6 is 7.82 Å². The van der Waals surface area contributed by atoms with Gasteiger partial charge in [-0.25, -0.2) is 4.57 Å². The molecular weight excluding hydrogens is 755 g/mol. The second-order valence-electron chi connectivity index (χ2n) is 16.1. The van der Waals surface area contributed by atoms with E-state index in [0.717, 1.165) is 51.4 Å². The van der Waals surface area contributed by atoms with Gasteiger partial charge < -0.3 is 24.6 Å². The Bertz CT molecular complexity index is 1020. The molecule has 0 saturated carbocycles. The molecule has 0 aromatic carbocycles. The summed E-state index contributed by atoms with van der Waals surface area (Å²) in [5.74, 6) is -0.923. The third kappa shape index (κ3) is 42.6. The average Bonchev–Trinajstić information content (AvgIpc) is 3.21. The molecule has 0 rings (SSSR count). The van der Waals surface area contributed by atoms with Gasteiger partial charge in [0, 0.05) is 12.8 Å². The van der Waals surface area contributed by atoms with Crippen LogP contribution in [0.3, 0.4) is 0 Å². The third-order valence-corrected chi connectivity index (χ3v) is 11.3. The monoisotopic (exact) mass is 845 g/mol. The van der Waals surface area contributed by atoms with Crippen molar-refractivity contribution in [2.75, 3.05) is 26.4 Å². The molecule has 0 aliphatic rings. The number of ether oxygens (including phenoxy) is 2. The van der Waals surface area contributed by atoms with Crippen molar-refractivity contribution in [3.63, 3.8) is 0 Å². The van der Waals surface area contributed by atoms with E-state index in [1.807, 2.05) is 0 Å². The molecule has 0 aliphatic heterocycles. The maximum absolute atomic E-state index is 12.6. The quantitative estimate of drug-likeness (QED) is 0.0234. The maximum atomic E-state index is 12.6. The van der Waals surface area contributed by atoms with Crippen molar-refractivity contribution in [3.05, 3.63) is 24.3 Å². The normalized spacial score (nSPS) is 13.9. The second-order valence-corrected chi connectivity index (χ2v) is 17.6. The van der Waals surface area contributed by atoms with Gasteiger partial charge in [0.25, 0.3) is 0 Å². The van der Waals surface area contributed by atoms with Gasteiger partial charge in [0.05, 0.1) is 19.8 Å². The fourth-order valence-corrected chi connectivity index (χ4v) is 7.46. The summed E-state index contributed by atoms with van der Waals surface area (Å²) in [4.78, 5) is 35.1. The summed E-state index contributed by atoms with van der Waals surface area (Å²) in [6.07, 6.45) is 44.2. The number of hydrogen-bond acceptors (Lipinski definition) is 9. The summed E-state index contributed by atoms with van der Waals surface area (Å²) in [7, 11) is -4.62. The molecule has 0 aliphatic carbocycles. The van der Waals surface area contributed by atoms with Crippen LogP contribution < -0.4 is 0 Å². The van der Waals surface area contributed by atoms with Gasteiger partial charge in [0.15, 0.2) is 6.10 Å². The number of carbonyl (C=O) groups is 2. The topological polar surface area (TPSA) is 149 Å². The van der Waals surface area contributed by atoms with E-state index in [1.165, 1.54) is 135 Å². The van der Waals surface area contributed by atoms with Crippen molar-refractivity contribution >= 4 is 19.8 Å². The van der Waals surface area contributed by atoms with Crippen LogP contribution in [0.2, 0.25) is 0 Å². The number of esters is 2. The second kappa shape index (κ2) is 43.5. The lowest BCUT2D eigenvalue weighted by Gasteiger charge is -2.20. The van der Waals surface area contributed by atoms with Crippen molar-refractivity contribution in [1.82, 2.24) is 0 Å². The minimum atomic E-state index is -4.62. The van der Waals surface area contributed by atoms with E-state index in [9.17, 15) is 24.2 Å². The molecule has 0 bridgehead atoms. The van der Waals surface area contributed by atoms with E-state index in [1.54, 1.807) is 0 Å². The van der Waals surface area contributed by atoms with Crippen LogP contribution in [-0.2, 0) is 32.7 Å². The molecule has 11 heteroatoms. The zero-order chi connectivity index (χ0) is 42.6. The number of aliphatic hydroxyl groups is 2. The highest BCUT2D eigenvalue weighted by molar-refractivity contribution is 7.47. The number of carbonyl (C=O) groups excluding carboxylic acids is 2. The Kier molecular flexibility index (Phi) is 42.4. The summed E-state index contributed by atoms with van der Waals surface area (Å²) in [5, 5.41) is 18.4. The Hall–Kier alpha value is -1.55. The smallest absolute Gasteiger partial charge is 0.462 e. The molecule has 3 atom stereocenters. The standard InChI is InChI=1S/C47H89O10P/c1-3-5-7-9-11-13-15-17-19-21-23-24-26-28-30-32-34-36-38-46(50)54-42-45(43-56-58(52,53)55-41-44(49)40-48)57-47(51)39-37-35-33-31-29-27-25-22-20-18-16-14-12-10-8-6-4-2/h12,14,18,20,44-45,48-49H,3-11,13,15-17,19,21-43H2,1-2H3,(H,52,53)/b14-12-,20-18-. The Labute approximate surface area is 355 Å². The summed E-state index contributed by atoms with van der Waals surface area (Å²) >= 11 is 0. The number of phosphoric acid groups is 1. The minimum Gasteiger partial charge on any atom is -0.462 e. The van der Waals surface area contributed by atoms with E-state index < -0.39 is 51.8 Å². The number of rotatable bonds is 45. The first kappa shape index (κ1) is 56.5. The van der Waals surface area contributed by atoms with E-state index >= 15 is 0 Å². The molecule has 0 heterocycles. The highest BCUT2D eigenvalue weighted by Crippen LogP contribution is 2.43. The van der Waals surface area contributed by atoms with Crippen molar-refractivity contribution in [1.29, 1.82) is 0 Å². The van der Waals surface area contributed by atoms with Crippen LogP contribution in [0.4, 0.5) is 0 Å². The first-order valence-corrected chi connectivity index (χ1v) is 25.3. The number of hydrogen-bond donors (Lipinski definition) is 3.